The topological polar surface area (TPSA) is 86.6 Å². The van der Waals surface area contributed by atoms with E-state index in [9.17, 15) is 9.59 Å². The van der Waals surface area contributed by atoms with Crippen LogP contribution in [0, 0.1) is 0 Å². The summed E-state index contributed by atoms with van der Waals surface area (Å²) < 4.78 is 13.5. The summed E-state index contributed by atoms with van der Waals surface area (Å²) in [6.07, 6.45) is 5.04. The molecule has 1 atom stereocenters. The minimum atomic E-state index is -0.690. The number of rotatable bonds is 7. The summed E-state index contributed by atoms with van der Waals surface area (Å²) in [6.45, 7) is 16.3. The Labute approximate surface area is 209 Å². The van der Waals surface area contributed by atoms with E-state index in [1.165, 1.54) is 0 Å². The summed E-state index contributed by atoms with van der Waals surface area (Å²) in [5.74, 6) is 0.0126. The Bertz CT molecular complexity index is 1080. The molecule has 8 nitrogen and oxygen atoms in total. The monoisotopic (exact) mass is 486 g/mol. The average molecular weight is 487 g/mol. The van der Waals surface area contributed by atoms with Crippen LogP contribution in [0.4, 0.5) is 4.79 Å². The van der Waals surface area contributed by atoms with Crippen LogP contribution in [0.5, 0.6) is 0 Å². The molecule has 2 aromatic rings. The fourth-order valence-electron chi connectivity index (χ4n) is 4.68. The highest BCUT2D eigenvalue weighted by Gasteiger charge is 2.45. The van der Waals surface area contributed by atoms with E-state index in [2.05, 4.69) is 30.7 Å². The number of fused-ring (bicyclic) bond motifs is 1. The SMILES string of the molecule is Cn1c(C(C)(C)C)cc2ncc(C(=O)CCCCC[C@@H]3COC(C)(C)N3C(=O)OC(C)(C)C)nc21. The maximum Gasteiger partial charge on any atom is 0.412 e. The maximum atomic E-state index is 12.8. The molecule has 0 N–H and O–H groups in total. The first-order valence-electron chi connectivity index (χ1n) is 12.6. The number of hydrogen-bond acceptors (Lipinski definition) is 6. The van der Waals surface area contributed by atoms with Gasteiger partial charge in [-0.2, -0.15) is 0 Å². The average Bonchev–Trinajstić information content (AvgIpc) is 3.21. The van der Waals surface area contributed by atoms with E-state index in [-0.39, 0.29) is 23.3 Å². The van der Waals surface area contributed by atoms with Crippen LogP contribution in [0.1, 0.15) is 104 Å². The van der Waals surface area contributed by atoms with Gasteiger partial charge < -0.3 is 14.0 Å². The van der Waals surface area contributed by atoms with Crippen molar-refractivity contribution in [2.45, 2.75) is 110 Å². The predicted molar refractivity (Wildman–Crippen MR) is 137 cm³/mol. The van der Waals surface area contributed by atoms with Crippen molar-refractivity contribution in [3.63, 3.8) is 0 Å². The second kappa shape index (κ2) is 9.88. The quantitative estimate of drug-likeness (QED) is 0.365. The summed E-state index contributed by atoms with van der Waals surface area (Å²) in [7, 11) is 1.97. The fraction of sp³-hybridized carbons (Fsp3) is 0.704. The third-order valence-electron chi connectivity index (χ3n) is 6.39. The van der Waals surface area contributed by atoms with Gasteiger partial charge in [-0.1, -0.05) is 33.6 Å². The number of ketones is 1. The van der Waals surface area contributed by atoms with Gasteiger partial charge in [0.1, 0.15) is 22.5 Å². The lowest BCUT2D eigenvalue weighted by Gasteiger charge is -2.35. The second-order valence-corrected chi connectivity index (χ2v) is 12.1. The summed E-state index contributed by atoms with van der Waals surface area (Å²) >= 11 is 0. The second-order valence-electron chi connectivity index (χ2n) is 12.1. The molecular weight excluding hydrogens is 444 g/mol. The third kappa shape index (κ3) is 6.40. The van der Waals surface area contributed by atoms with Crippen molar-refractivity contribution >= 4 is 23.0 Å². The number of aromatic nitrogens is 3. The first kappa shape index (κ1) is 27.1. The van der Waals surface area contributed by atoms with E-state index in [1.54, 1.807) is 11.1 Å². The number of hydrogen-bond donors (Lipinski definition) is 0. The highest BCUT2D eigenvalue weighted by Crippen LogP contribution is 2.32. The van der Waals surface area contributed by atoms with Gasteiger partial charge >= 0.3 is 6.09 Å². The van der Waals surface area contributed by atoms with E-state index < -0.39 is 11.3 Å². The number of ether oxygens (including phenoxy) is 2. The molecular formula is C27H42N4O4. The molecule has 1 aliphatic rings. The maximum absolute atomic E-state index is 12.8. The zero-order valence-electron chi connectivity index (χ0n) is 22.9. The highest BCUT2D eigenvalue weighted by molar-refractivity contribution is 5.95. The van der Waals surface area contributed by atoms with Crippen LogP contribution in [0.25, 0.3) is 11.2 Å². The minimum absolute atomic E-state index is 0.0126. The van der Waals surface area contributed by atoms with Crippen LogP contribution in [0.3, 0.4) is 0 Å². The van der Waals surface area contributed by atoms with Gasteiger partial charge in [-0.15, -0.1) is 0 Å². The molecule has 0 radical (unpaired) electrons. The van der Waals surface area contributed by atoms with Crippen molar-refractivity contribution in [1.82, 2.24) is 19.4 Å². The summed E-state index contributed by atoms with van der Waals surface area (Å²) in [5, 5.41) is 0. The van der Waals surface area contributed by atoms with E-state index in [4.69, 9.17) is 9.47 Å². The molecule has 0 unspecified atom stereocenters. The molecule has 8 heteroatoms. The first-order valence-corrected chi connectivity index (χ1v) is 12.6. The normalized spacial score (nSPS) is 18.3. The number of carbonyl (C=O) groups excluding carboxylic acids is 2. The lowest BCUT2D eigenvalue weighted by molar-refractivity contribution is -0.0627. The molecule has 0 spiro atoms. The van der Waals surface area contributed by atoms with Crippen LogP contribution in [-0.4, -0.2) is 55.3 Å². The highest BCUT2D eigenvalue weighted by atomic mass is 16.6. The van der Waals surface area contributed by atoms with E-state index in [0.717, 1.165) is 42.5 Å². The molecule has 1 fully saturated rings. The zero-order chi connectivity index (χ0) is 26.2. The van der Waals surface area contributed by atoms with Gasteiger partial charge in [0.15, 0.2) is 11.4 Å². The summed E-state index contributed by atoms with van der Waals surface area (Å²) in [5.41, 5.74) is 1.83. The molecule has 0 bridgehead atoms. The minimum Gasteiger partial charge on any atom is -0.444 e. The molecule has 0 saturated carbocycles. The van der Waals surface area contributed by atoms with Gasteiger partial charge in [0.2, 0.25) is 0 Å². The van der Waals surface area contributed by atoms with Gasteiger partial charge in [-0.3, -0.25) is 14.7 Å². The standard InChI is InChI=1S/C27H42N4O4/c1-25(2,3)22-15-19-23(30(22)9)29-20(16-28-19)21(32)14-12-10-11-13-18-17-34-27(7,8)31(18)24(33)35-26(4,5)6/h15-16,18H,10-14,17H2,1-9H3/t18-/m1/s1. The first-order chi connectivity index (χ1) is 16.1. The molecule has 35 heavy (non-hydrogen) atoms. The van der Waals surface area contributed by atoms with Crippen LogP contribution >= 0.6 is 0 Å². The number of Topliss-reactive ketones (excluding diaryl/α,β-unsaturated/α-hetero) is 1. The molecule has 3 rings (SSSR count). The van der Waals surface area contributed by atoms with Gasteiger partial charge in [-0.05, 0) is 53.5 Å². The molecule has 3 heterocycles. The Hall–Kier alpha value is -2.48. The van der Waals surface area contributed by atoms with Gasteiger partial charge in [0.05, 0.1) is 18.8 Å². The van der Waals surface area contributed by atoms with Crippen molar-refractivity contribution in [3.05, 3.63) is 23.7 Å². The largest absolute Gasteiger partial charge is 0.444 e. The number of nitrogens with zero attached hydrogens (tertiary/aromatic N) is 4. The lowest BCUT2D eigenvalue weighted by atomic mass is 9.92. The van der Waals surface area contributed by atoms with Gasteiger partial charge in [-0.25, -0.2) is 9.78 Å². The van der Waals surface area contributed by atoms with Crippen molar-refractivity contribution < 1.29 is 19.1 Å². The number of aryl methyl sites for hydroxylation is 1. The smallest absolute Gasteiger partial charge is 0.412 e. The molecule has 194 valence electrons. The van der Waals surface area contributed by atoms with E-state index >= 15 is 0 Å². The van der Waals surface area contributed by atoms with Crippen molar-refractivity contribution in [2.75, 3.05) is 6.61 Å². The number of unbranched alkanes of at least 4 members (excludes halogenated alkanes) is 2. The van der Waals surface area contributed by atoms with Crippen molar-refractivity contribution in [2.24, 2.45) is 7.05 Å². The molecule has 0 aliphatic carbocycles. The summed E-state index contributed by atoms with van der Waals surface area (Å²) in [6, 6.07) is 2.02. The number of carbonyl (C=O) groups is 2. The van der Waals surface area contributed by atoms with Gasteiger partial charge in [0.25, 0.3) is 0 Å². The Morgan fingerprint density at radius 2 is 1.83 bits per heavy atom. The van der Waals surface area contributed by atoms with Crippen molar-refractivity contribution in [3.8, 4) is 0 Å². The van der Waals surface area contributed by atoms with Crippen LogP contribution < -0.4 is 0 Å². The zero-order valence-corrected chi connectivity index (χ0v) is 22.9. The lowest BCUT2D eigenvalue weighted by Crippen LogP contribution is -2.49. The van der Waals surface area contributed by atoms with E-state index in [0.29, 0.717) is 18.7 Å². The summed E-state index contributed by atoms with van der Waals surface area (Å²) in [4.78, 5) is 36.4. The predicted octanol–water partition coefficient (Wildman–Crippen LogP) is 5.77. The fourth-order valence-corrected chi connectivity index (χ4v) is 4.68. The Morgan fingerprint density at radius 1 is 1.14 bits per heavy atom. The number of amides is 1. The Balaban J connectivity index is 1.52. The van der Waals surface area contributed by atoms with Crippen LogP contribution in [0.2, 0.25) is 0 Å². The van der Waals surface area contributed by atoms with E-state index in [1.807, 2.05) is 52.3 Å². The van der Waals surface area contributed by atoms with Crippen LogP contribution in [-0.2, 0) is 21.9 Å². The van der Waals surface area contributed by atoms with Gasteiger partial charge in [0, 0.05) is 24.6 Å². The third-order valence-corrected chi connectivity index (χ3v) is 6.39. The molecule has 1 aliphatic heterocycles. The molecule has 1 saturated heterocycles. The molecule has 2 aromatic heterocycles. The van der Waals surface area contributed by atoms with Crippen molar-refractivity contribution in [1.29, 1.82) is 0 Å². The van der Waals surface area contributed by atoms with Crippen LogP contribution in [0.15, 0.2) is 12.3 Å². The Morgan fingerprint density at radius 3 is 2.46 bits per heavy atom. The molecule has 1 amide bonds. The molecule has 0 aromatic carbocycles. The Kier molecular flexibility index (Phi) is 7.65.